The van der Waals surface area contributed by atoms with E-state index in [4.69, 9.17) is 9.47 Å². The number of carbonyl (C=O) groups excluding carboxylic acids is 3. The zero-order valence-electron chi connectivity index (χ0n) is 14.1. The third-order valence-electron chi connectivity index (χ3n) is 2.79. The summed E-state index contributed by atoms with van der Waals surface area (Å²) in [5, 5.41) is 0. The summed E-state index contributed by atoms with van der Waals surface area (Å²) in [4.78, 5) is 32.3. The molecule has 0 aromatic heterocycles. The van der Waals surface area contributed by atoms with Gasteiger partial charge >= 0.3 is 17.9 Å². The lowest BCUT2D eigenvalue weighted by Gasteiger charge is -2.20. The van der Waals surface area contributed by atoms with E-state index in [-0.39, 0.29) is 18.2 Å². The molecule has 0 aliphatic heterocycles. The fourth-order valence-electron chi connectivity index (χ4n) is 1.91. The summed E-state index contributed by atoms with van der Waals surface area (Å²) in [5.41, 5.74) is 0. The van der Waals surface area contributed by atoms with Gasteiger partial charge in [-0.1, -0.05) is 13.0 Å². The van der Waals surface area contributed by atoms with E-state index in [1.165, 1.54) is 13.3 Å². The second-order valence-electron chi connectivity index (χ2n) is 5.29. The van der Waals surface area contributed by atoms with E-state index in [0.29, 0.717) is 0 Å². The van der Waals surface area contributed by atoms with Gasteiger partial charge in [-0.25, -0.2) is 9.59 Å². The molecule has 0 spiro atoms. The van der Waals surface area contributed by atoms with Gasteiger partial charge in [-0.05, 0) is 39.5 Å². The van der Waals surface area contributed by atoms with Crippen molar-refractivity contribution in [1.82, 2.24) is 0 Å². The van der Waals surface area contributed by atoms with Gasteiger partial charge in [0, 0.05) is 19.1 Å². The van der Waals surface area contributed by atoms with Crippen LogP contribution >= 0.6 is 0 Å². The zero-order valence-corrected chi connectivity index (χ0v) is 14.1. The Balaban J connectivity index is 0.000000688. The molecule has 0 heterocycles. The number of hydrogen-bond acceptors (Lipinski definition) is 6. The first-order chi connectivity index (χ1) is 10.8. The molecule has 0 amide bonds. The Morgan fingerprint density at radius 2 is 1.61 bits per heavy atom. The molecule has 1 aliphatic rings. The maximum absolute atomic E-state index is 11.4. The minimum absolute atomic E-state index is 0.0158. The second-order valence-corrected chi connectivity index (χ2v) is 5.29. The topological polar surface area (TPSA) is 78.9 Å². The molecule has 0 N–H and O–H groups in total. The van der Waals surface area contributed by atoms with Crippen LogP contribution in [0.15, 0.2) is 25.0 Å². The van der Waals surface area contributed by atoms with Crippen LogP contribution in [0.1, 0.15) is 52.9 Å². The first-order valence-corrected chi connectivity index (χ1v) is 7.72. The van der Waals surface area contributed by atoms with Crippen LogP contribution in [0.25, 0.3) is 0 Å². The third kappa shape index (κ3) is 13.3. The summed E-state index contributed by atoms with van der Waals surface area (Å²) in [5.74, 6) is -1.30. The minimum Gasteiger partial charge on any atom is -0.460 e. The summed E-state index contributed by atoms with van der Waals surface area (Å²) in [6.45, 7) is 7.99. The minimum atomic E-state index is -0.513. The Bertz CT molecular complexity index is 419. The normalized spacial score (nSPS) is 14.6. The van der Waals surface area contributed by atoms with Crippen LogP contribution in [0.3, 0.4) is 0 Å². The van der Waals surface area contributed by atoms with Gasteiger partial charge < -0.3 is 14.2 Å². The van der Waals surface area contributed by atoms with Gasteiger partial charge in [-0.2, -0.15) is 0 Å². The lowest BCUT2D eigenvalue weighted by Crippen LogP contribution is -2.20. The van der Waals surface area contributed by atoms with E-state index in [1.54, 1.807) is 13.8 Å². The van der Waals surface area contributed by atoms with Crippen LogP contribution in [0.4, 0.5) is 0 Å². The van der Waals surface area contributed by atoms with Crippen molar-refractivity contribution in [2.24, 2.45) is 0 Å². The van der Waals surface area contributed by atoms with Crippen LogP contribution in [-0.4, -0.2) is 30.1 Å². The molecule has 1 aliphatic carbocycles. The molecule has 0 radical (unpaired) electrons. The van der Waals surface area contributed by atoms with E-state index >= 15 is 0 Å². The van der Waals surface area contributed by atoms with Gasteiger partial charge in [0.2, 0.25) is 0 Å². The smallest absolute Gasteiger partial charge is 0.331 e. The maximum Gasteiger partial charge on any atom is 0.331 e. The lowest BCUT2D eigenvalue weighted by molar-refractivity contribution is -0.146. The number of esters is 3. The predicted octanol–water partition coefficient (Wildman–Crippen LogP) is 3.06. The highest BCUT2D eigenvalue weighted by Crippen LogP contribution is 2.20. The van der Waals surface area contributed by atoms with Crippen molar-refractivity contribution in [3.63, 3.8) is 0 Å². The summed E-state index contributed by atoms with van der Waals surface area (Å²) >= 11 is 0. The Kier molecular flexibility index (Phi) is 11.3. The van der Waals surface area contributed by atoms with Crippen molar-refractivity contribution >= 4 is 17.9 Å². The number of ether oxygens (including phenoxy) is 3. The molecule has 6 heteroatoms. The number of hydrogen-bond donors (Lipinski definition) is 0. The molecule has 1 fully saturated rings. The third-order valence-corrected chi connectivity index (χ3v) is 2.79. The molecule has 1 saturated carbocycles. The molecule has 0 saturated heterocycles. The fourth-order valence-corrected chi connectivity index (χ4v) is 1.91. The first-order valence-electron chi connectivity index (χ1n) is 7.72. The highest BCUT2D eigenvalue weighted by atomic mass is 16.5. The molecule has 23 heavy (non-hydrogen) atoms. The molecule has 0 unspecified atom stereocenters. The fraction of sp³-hybridized carbons (Fsp3) is 0.588. The SMILES string of the molecule is C=COC(C)=O.CC(C)OC(=O)/C=C/C(=O)OC1CCCCC1. The average molecular weight is 326 g/mol. The van der Waals surface area contributed by atoms with Gasteiger partial charge in [-0.3, -0.25) is 4.79 Å². The largest absolute Gasteiger partial charge is 0.460 e. The average Bonchev–Trinajstić information content (AvgIpc) is 2.46. The van der Waals surface area contributed by atoms with Crippen LogP contribution in [0.2, 0.25) is 0 Å². The molecule has 0 atom stereocenters. The highest BCUT2D eigenvalue weighted by molar-refractivity contribution is 5.91. The van der Waals surface area contributed by atoms with Crippen molar-refractivity contribution in [1.29, 1.82) is 0 Å². The van der Waals surface area contributed by atoms with Crippen molar-refractivity contribution in [2.45, 2.75) is 65.1 Å². The monoisotopic (exact) mass is 326 g/mol. The molecular weight excluding hydrogens is 300 g/mol. The lowest BCUT2D eigenvalue weighted by atomic mass is 9.98. The molecular formula is C17H26O6. The van der Waals surface area contributed by atoms with Crippen LogP contribution < -0.4 is 0 Å². The Hall–Kier alpha value is -2.11. The Labute approximate surface area is 137 Å². The van der Waals surface area contributed by atoms with E-state index in [1.807, 2.05) is 0 Å². The van der Waals surface area contributed by atoms with E-state index in [2.05, 4.69) is 11.3 Å². The van der Waals surface area contributed by atoms with Crippen molar-refractivity contribution in [2.75, 3.05) is 0 Å². The first kappa shape index (κ1) is 20.9. The predicted molar refractivity (Wildman–Crippen MR) is 85.3 cm³/mol. The van der Waals surface area contributed by atoms with Gasteiger partial charge in [0.05, 0.1) is 12.4 Å². The molecule has 0 aromatic carbocycles. The summed E-state index contributed by atoms with van der Waals surface area (Å²) in [6.07, 6.45) is 8.47. The van der Waals surface area contributed by atoms with E-state index in [9.17, 15) is 14.4 Å². The van der Waals surface area contributed by atoms with Crippen molar-refractivity contribution in [3.05, 3.63) is 25.0 Å². The molecule has 6 nitrogen and oxygen atoms in total. The van der Waals surface area contributed by atoms with Crippen LogP contribution in [0.5, 0.6) is 0 Å². The standard InChI is InChI=1S/C13H20O4.C4H6O2/c1-10(2)16-12(14)8-9-13(15)17-11-6-4-3-5-7-11;1-3-6-4(2)5/h8-11H,3-7H2,1-2H3;3H,1H2,2H3/b9-8+;. The Morgan fingerprint density at radius 3 is 2.04 bits per heavy atom. The second kappa shape index (κ2) is 12.4. The summed E-state index contributed by atoms with van der Waals surface area (Å²) in [7, 11) is 0. The molecule has 0 aromatic rings. The maximum atomic E-state index is 11.4. The van der Waals surface area contributed by atoms with E-state index in [0.717, 1.165) is 44.1 Å². The Morgan fingerprint density at radius 1 is 1.04 bits per heavy atom. The van der Waals surface area contributed by atoms with Crippen molar-refractivity contribution in [3.8, 4) is 0 Å². The highest BCUT2D eigenvalue weighted by Gasteiger charge is 2.16. The van der Waals surface area contributed by atoms with Gasteiger partial charge in [0.1, 0.15) is 6.10 Å². The van der Waals surface area contributed by atoms with Gasteiger partial charge in [-0.15, -0.1) is 0 Å². The van der Waals surface area contributed by atoms with Crippen molar-refractivity contribution < 1.29 is 28.6 Å². The molecule has 0 bridgehead atoms. The number of rotatable bonds is 5. The summed E-state index contributed by atoms with van der Waals surface area (Å²) in [6, 6.07) is 0. The zero-order chi connectivity index (χ0) is 17.7. The summed E-state index contributed by atoms with van der Waals surface area (Å²) < 4.78 is 14.2. The molecule has 130 valence electrons. The number of carbonyl (C=O) groups is 3. The van der Waals surface area contributed by atoms with Crippen LogP contribution in [0, 0.1) is 0 Å². The van der Waals surface area contributed by atoms with Crippen LogP contribution in [-0.2, 0) is 28.6 Å². The van der Waals surface area contributed by atoms with Gasteiger partial charge in [0.25, 0.3) is 0 Å². The quantitative estimate of drug-likeness (QED) is 0.334. The van der Waals surface area contributed by atoms with Gasteiger partial charge in [0.15, 0.2) is 0 Å². The molecule has 1 rings (SSSR count). The van der Waals surface area contributed by atoms with E-state index < -0.39 is 11.9 Å².